The molecule has 3 heterocycles. The Balaban J connectivity index is 2.18. The summed E-state index contributed by atoms with van der Waals surface area (Å²) in [4.78, 5) is 42.7. The topological polar surface area (TPSA) is 107 Å². The fraction of sp³-hybridized carbons (Fsp3) is 0.773. The third kappa shape index (κ3) is 3.53. The molecule has 3 saturated heterocycles. The van der Waals surface area contributed by atoms with E-state index in [1.165, 1.54) is 4.90 Å². The number of carbonyl (C=O) groups is 3. The van der Waals surface area contributed by atoms with Gasteiger partial charge in [-0.2, -0.15) is 0 Å². The monoisotopic (exact) mass is 500 g/mol. The Bertz CT molecular complexity index is 780. The molecule has 2 amide bonds. The molecule has 0 aromatic rings. The van der Waals surface area contributed by atoms with Gasteiger partial charge in [0.25, 0.3) is 0 Å². The highest BCUT2D eigenvalue weighted by atomic mass is 79.9. The van der Waals surface area contributed by atoms with Crippen LogP contribution in [0.15, 0.2) is 12.7 Å². The van der Waals surface area contributed by atoms with Gasteiger partial charge in [0.1, 0.15) is 11.6 Å². The summed E-state index contributed by atoms with van der Waals surface area (Å²) in [5.74, 6) is -3.98. The number of aliphatic carboxylic acids is 1. The summed E-state index contributed by atoms with van der Waals surface area (Å²) in [6, 6.07) is -1.64. The van der Waals surface area contributed by atoms with Crippen molar-refractivity contribution in [2.45, 2.75) is 75.2 Å². The number of amides is 2. The normalized spacial score (nSPS) is 35.4. The summed E-state index contributed by atoms with van der Waals surface area (Å²) in [5.41, 5.74) is -1.80. The van der Waals surface area contributed by atoms with Gasteiger partial charge in [-0.3, -0.25) is 14.4 Å². The van der Waals surface area contributed by atoms with Crippen molar-refractivity contribution < 1.29 is 29.3 Å². The lowest BCUT2D eigenvalue weighted by molar-refractivity contribution is -0.156. The van der Waals surface area contributed by atoms with E-state index in [9.17, 15) is 24.6 Å². The third-order valence-electron chi connectivity index (χ3n) is 6.95. The maximum atomic E-state index is 14.0. The molecule has 1 spiro atoms. The van der Waals surface area contributed by atoms with Crippen molar-refractivity contribution in [1.82, 2.24) is 9.80 Å². The van der Waals surface area contributed by atoms with Gasteiger partial charge in [-0.15, -0.1) is 6.58 Å². The number of rotatable bonds is 7. The van der Waals surface area contributed by atoms with E-state index in [1.54, 1.807) is 11.0 Å². The van der Waals surface area contributed by atoms with E-state index in [4.69, 9.17) is 4.74 Å². The van der Waals surface area contributed by atoms with Crippen molar-refractivity contribution in [3.8, 4) is 0 Å². The molecule has 31 heavy (non-hydrogen) atoms. The Labute approximate surface area is 191 Å². The first-order valence-electron chi connectivity index (χ1n) is 10.7. The number of likely N-dealkylation sites (tertiary alicyclic amines) is 1. The standard InChI is InChI=1S/C22H33BrN2O6/c1-7-8-24(21(4,5)6)19(28)17-22-9-12(23)16(31-22)14(20(29)30)15(22)18(27)25(17)13(10-26)11(2)3/h7,11-17,26H,1,8-10H2,2-6H3,(H,29,30)/t12?,13-,14+,15-,16+,17+,22-/m0/s1. The molecular formula is C22H33BrN2O6. The number of aliphatic hydroxyl groups is 1. The maximum absolute atomic E-state index is 14.0. The summed E-state index contributed by atoms with van der Waals surface area (Å²) in [5, 5.41) is 20.1. The second-order valence-corrected chi connectivity index (χ2v) is 11.3. The number of aliphatic hydroxyl groups excluding tert-OH is 1. The molecular weight excluding hydrogens is 468 g/mol. The first kappa shape index (κ1) is 24.2. The highest BCUT2D eigenvalue weighted by Gasteiger charge is 2.77. The molecule has 3 fully saturated rings. The van der Waals surface area contributed by atoms with Crippen molar-refractivity contribution in [1.29, 1.82) is 0 Å². The second-order valence-electron chi connectivity index (χ2n) is 10.1. The van der Waals surface area contributed by atoms with Gasteiger partial charge < -0.3 is 24.7 Å². The molecule has 3 aliphatic rings. The number of nitrogens with zero attached hydrogens (tertiary/aromatic N) is 2. The van der Waals surface area contributed by atoms with Crippen LogP contribution in [0.4, 0.5) is 0 Å². The molecule has 9 heteroatoms. The van der Waals surface area contributed by atoms with Gasteiger partial charge in [0.15, 0.2) is 0 Å². The molecule has 0 radical (unpaired) electrons. The quantitative estimate of drug-likeness (QED) is 0.406. The highest BCUT2D eigenvalue weighted by molar-refractivity contribution is 9.09. The van der Waals surface area contributed by atoms with E-state index in [0.29, 0.717) is 6.42 Å². The fourth-order valence-corrected chi connectivity index (χ4v) is 6.52. The van der Waals surface area contributed by atoms with Crippen molar-refractivity contribution in [2.24, 2.45) is 17.8 Å². The molecule has 3 aliphatic heterocycles. The lowest BCUT2D eigenvalue weighted by Crippen LogP contribution is -2.62. The predicted molar refractivity (Wildman–Crippen MR) is 118 cm³/mol. The van der Waals surface area contributed by atoms with Crippen LogP contribution in [0.3, 0.4) is 0 Å². The van der Waals surface area contributed by atoms with E-state index in [0.717, 1.165) is 0 Å². The Morgan fingerprint density at radius 1 is 1.42 bits per heavy atom. The molecule has 8 nitrogen and oxygen atoms in total. The van der Waals surface area contributed by atoms with Crippen LogP contribution in [-0.4, -0.2) is 85.1 Å². The van der Waals surface area contributed by atoms with Gasteiger partial charge in [0.2, 0.25) is 11.8 Å². The molecule has 2 bridgehead atoms. The van der Waals surface area contributed by atoms with Gasteiger partial charge >= 0.3 is 5.97 Å². The van der Waals surface area contributed by atoms with Crippen molar-refractivity contribution in [3.63, 3.8) is 0 Å². The zero-order valence-corrected chi connectivity index (χ0v) is 20.3. The van der Waals surface area contributed by atoms with Crippen LogP contribution in [-0.2, 0) is 19.1 Å². The number of carboxylic acids is 1. The second kappa shape index (κ2) is 8.15. The number of carboxylic acid groups (broad SMARTS) is 1. The van der Waals surface area contributed by atoms with E-state index in [1.807, 2.05) is 34.6 Å². The Morgan fingerprint density at radius 3 is 2.48 bits per heavy atom. The van der Waals surface area contributed by atoms with Crippen LogP contribution in [0.2, 0.25) is 0 Å². The van der Waals surface area contributed by atoms with Gasteiger partial charge in [0, 0.05) is 16.9 Å². The van der Waals surface area contributed by atoms with Crippen molar-refractivity contribution >= 4 is 33.7 Å². The number of halogens is 1. The number of carbonyl (C=O) groups excluding carboxylic acids is 2. The maximum Gasteiger partial charge on any atom is 0.310 e. The van der Waals surface area contributed by atoms with Crippen LogP contribution < -0.4 is 0 Å². The molecule has 1 unspecified atom stereocenters. The summed E-state index contributed by atoms with van der Waals surface area (Å²) in [6.45, 7) is 13.1. The Kier molecular flexibility index (Phi) is 6.37. The lowest BCUT2D eigenvalue weighted by Gasteiger charge is -2.44. The minimum Gasteiger partial charge on any atom is -0.481 e. The van der Waals surface area contributed by atoms with E-state index >= 15 is 0 Å². The molecule has 0 aromatic heterocycles. The first-order valence-corrected chi connectivity index (χ1v) is 11.6. The minimum absolute atomic E-state index is 0.137. The van der Waals surface area contributed by atoms with E-state index in [2.05, 4.69) is 22.5 Å². The number of hydrogen-bond acceptors (Lipinski definition) is 5. The first-order chi connectivity index (χ1) is 14.3. The van der Waals surface area contributed by atoms with Crippen LogP contribution in [0.25, 0.3) is 0 Å². The zero-order chi connectivity index (χ0) is 23.5. The third-order valence-corrected chi connectivity index (χ3v) is 7.79. The SMILES string of the molecule is C=CCN(C(=O)[C@H]1N([C@@H](CO)C(C)C)C(=O)[C@@H]2[C@@H](C(=O)O)[C@@H]3O[C@@]21CC3Br)C(C)(C)C. The van der Waals surface area contributed by atoms with Crippen LogP contribution in [0.1, 0.15) is 41.0 Å². The summed E-state index contributed by atoms with van der Waals surface area (Å²) in [7, 11) is 0. The van der Waals surface area contributed by atoms with Gasteiger partial charge in [0.05, 0.1) is 30.6 Å². The molecule has 2 N–H and O–H groups in total. The molecule has 0 aliphatic carbocycles. The van der Waals surface area contributed by atoms with Gasteiger partial charge in [-0.25, -0.2) is 0 Å². The molecule has 0 aromatic carbocycles. The summed E-state index contributed by atoms with van der Waals surface area (Å²) in [6.07, 6.45) is 1.30. The average molecular weight is 501 g/mol. The lowest BCUT2D eigenvalue weighted by atomic mass is 9.70. The van der Waals surface area contributed by atoms with Crippen LogP contribution in [0.5, 0.6) is 0 Å². The molecule has 7 atom stereocenters. The van der Waals surface area contributed by atoms with Crippen LogP contribution in [0, 0.1) is 17.8 Å². The number of alkyl halides is 1. The minimum atomic E-state index is -1.25. The molecule has 3 rings (SSSR count). The number of ether oxygens (including phenoxy) is 1. The Hall–Kier alpha value is -1.45. The zero-order valence-electron chi connectivity index (χ0n) is 18.7. The number of hydrogen-bond donors (Lipinski definition) is 2. The average Bonchev–Trinajstić information content (AvgIpc) is 3.23. The van der Waals surface area contributed by atoms with E-state index < -0.39 is 53.0 Å². The fourth-order valence-electron chi connectivity index (χ4n) is 5.58. The predicted octanol–water partition coefficient (Wildman–Crippen LogP) is 1.65. The summed E-state index contributed by atoms with van der Waals surface area (Å²) < 4.78 is 6.27. The van der Waals surface area contributed by atoms with E-state index in [-0.39, 0.29) is 29.8 Å². The Morgan fingerprint density at radius 2 is 2.03 bits per heavy atom. The highest BCUT2D eigenvalue weighted by Crippen LogP contribution is 2.60. The summed E-state index contributed by atoms with van der Waals surface area (Å²) >= 11 is 3.53. The smallest absolute Gasteiger partial charge is 0.310 e. The molecule has 0 saturated carbocycles. The van der Waals surface area contributed by atoms with Crippen LogP contribution >= 0.6 is 15.9 Å². The van der Waals surface area contributed by atoms with Crippen molar-refractivity contribution in [2.75, 3.05) is 13.2 Å². The van der Waals surface area contributed by atoms with Crippen molar-refractivity contribution in [3.05, 3.63) is 12.7 Å². The van der Waals surface area contributed by atoms with Gasteiger partial charge in [-0.05, 0) is 33.1 Å². The largest absolute Gasteiger partial charge is 0.481 e. The number of fused-ring (bicyclic) bond motifs is 1. The molecule has 174 valence electrons. The van der Waals surface area contributed by atoms with Gasteiger partial charge in [-0.1, -0.05) is 35.9 Å².